The maximum absolute atomic E-state index is 13.2. The van der Waals surface area contributed by atoms with Crippen LogP contribution in [0.3, 0.4) is 0 Å². The van der Waals surface area contributed by atoms with Gasteiger partial charge in [0.15, 0.2) is 0 Å². The van der Waals surface area contributed by atoms with Crippen LogP contribution in [-0.2, 0) is 9.53 Å². The number of alkyl halides is 2. The van der Waals surface area contributed by atoms with Gasteiger partial charge in [0.2, 0.25) is 5.91 Å². The van der Waals surface area contributed by atoms with Gasteiger partial charge in [0.05, 0.1) is 24.7 Å². The second-order valence-electron chi connectivity index (χ2n) is 10.9. The van der Waals surface area contributed by atoms with Crippen LogP contribution in [-0.4, -0.2) is 39.1 Å². The Hall–Kier alpha value is -5.16. The van der Waals surface area contributed by atoms with Crippen molar-refractivity contribution >= 4 is 35.0 Å². The Morgan fingerprint density at radius 2 is 1.91 bits per heavy atom. The molecule has 46 heavy (non-hydrogen) atoms. The molecule has 0 radical (unpaired) electrons. The molecule has 1 atom stereocenters. The van der Waals surface area contributed by atoms with Gasteiger partial charge in [-0.1, -0.05) is 59.6 Å². The summed E-state index contributed by atoms with van der Waals surface area (Å²) in [5, 5.41) is 13.6. The average molecular weight is 643 g/mol. The number of methoxy groups -OCH3 is 1. The van der Waals surface area contributed by atoms with Crippen LogP contribution >= 0.6 is 11.6 Å². The van der Waals surface area contributed by atoms with E-state index in [1.165, 1.54) is 18.0 Å². The molecule has 1 aliphatic heterocycles. The van der Waals surface area contributed by atoms with Crippen molar-refractivity contribution in [2.24, 2.45) is 0 Å². The van der Waals surface area contributed by atoms with E-state index >= 15 is 0 Å². The van der Waals surface area contributed by atoms with E-state index in [0.29, 0.717) is 40.5 Å². The Morgan fingerprint density at radius 1 is 1.04 bits per heavy atom. The lowest BCUT2D eigenvalue weighted by molar-refractivity contribution is -0.116. The fourth-order valence-electron chi connectivity index (χ4n) is 5.61. The second-order valence-corrected chi connectivity index (χ2v) is 11.3. The molecule has 0 saturated heterocycles. The largest absolute Gasteiger partial charge is 0.453 e. The first-order chi connectivity index (χ1) is 22.3. The van der Waals surface area contributed by atoms with Crippen LogP contribution in [0.1, 0.15) is 55.0 Å². The van der Waals surface area contributed by atoms with Crippen molar-refractivity contribution in [3.8, 4) is 27.9 Å². The molecule has 0 aliphatic carbocycles. The van der Waals surface area contributed by atoms with Crippen molar-refractivity contribution in [3.63, 3.8) is 0 Å². The molecule has 2 aromatic heterocycles. The van der Waals surface area contributed by atoms with E-state index in [9.17, 15) is 18.4 Å². The van der Waals surface area contributed by atoms with Gasteiger partial charge in [0, 0.05) is 51.6 Å². The summed E-state index contributed by atoms with van der Waals surface area (Å²) in [4.78, 5) is 29.6. The van der Waals surface area contributed by atoms with E-state index in [4.69, 9.17) is 21.3 Å². The number of carbonyl (C=O) groups is 2. The molecule has 9 nitrogen and oxygen atoms in total. The Labute approximate surface area is 268 Å². The fraction of sp³-hybridized carbons (Fsp3) is 0.206. The van der Waals surface area contributed by atoms with Gasteiger partial charge in [-0.15, -0.1) is 5.10 Å². The second kappa shape index (κ2) is 13.5. The number of rotatable bonds is 5. The van der Waals surface area contributed by atoms with Gasteiger partial charge >= 0.3 is 6.09 Å². The van der Waals surface area contributed by atoms with E-state index in [0.717, 1.165) is 40.8 Å². The van der Waals surface area contributed by atoms with E-state index < -0.39 is 18.2 Å². The van der Waals surface area contributed by atoms with Gasteiger partial charge in [-0.25, -0.2) is 18.3 Å². The summed E-state index contributed by atoms with van der Waals surface area (Å²) < 4.78 is 32.4. The Kier molecular flexibility index (Phi) is 9.02. The highest BCUT2D eigenvalue weighted by molar-refractivity contribution is 6.31. The number of benzene rings is 3. The Bertz CT molecular complexity index is 1900. The maximum atomic E-state index is 13.2. The summed E-state index contributed by atoms with van der Waals surface area (Å²) >= 11 is 6.33. The predicted molar refractivity (Wildman–Crippen MR) is 171 cm³/mol. The third kappa shape index (κ3) is 6.74. The minimum Gasteiger partial charge on any atom is -0.453 e. The third-order valence-electron chi connectivity index (χ3n) is 7.87. The molecule has 1 aliphatic rings. The molecule has 2 bridgehead atoms. The number of fused-ring (bicyclic) bond motifs is 4. The topological polar surface area (TPSA) is 111 Å². The molecule has 12 heteroatoms. The van der Waals surface area contributed by atoms with Crippen molar-refractivity contribution < 1.29 is 23.1 Å². The predicted octanol–water partition coefficient (Wildman–Crippen LogP) is 8.41. The molecule has 1 unspecified atom stereocenters. The van der Waals surface area contributed by atoms with Crippen molar-refractivity contribution in [1.82, 2.24) is 20.0 Å². The van der Waals surface area contributed by atoms with Gasteiger partial charge in [0.25, 0.3) is 6.43 Å². The van der Waals surface area contributed by atoms with Crippen molar-refractivity contribution in [1.29, 1.82) is 0 Å². The number of anilines is 2. The standard InChI is InChI=1S/C34H29ClF2N6O3/c1-46-34(45)39-24-11-12-26-21-6-4-5-20(15-21)25(7-2-3-8-32(44)40-29(26)17-24)28-13-9-22(18-38-28)27-16-23(35)10-14-31(27)43-19-30(33(36)37)41-42-43/h4-6,9-19,25,33H,2-3,7-8H2,1H3,(H,39,45)(H,40,44). The SMILES string of the molecule is COC(=O)Nc1ccc2c(c1)NC(=O)CCCCC(c1ccc(-c3cc(Cl)ccc3-n3cc(C(F)F)nn3)cn1)c1cccc-2c1. The number of carbonyl (C=O) groups excluding carboxylic acids is 2. The van der Waals surface area contributed by atoms with Crippen LogP contribution in [0.2, 0.25) is 5.02 Å². The summed E-state index contributed by atoms with van der Waals surface area (Å²) in [5.41, 5.74) is 6.24. The van der Waals surface area contributed by atoms with Crippen LogP contribution in [0, 0.1) is 0 Å². The molecule has 0 fully saturated rings. The molecule has 3 aromatic carbocycles. The van der Waals surface area contributed by atoms with Crippen molar-refractivity contribution in [2.75, 3.05) is 17.7 Å². The number of halogens is 3. The molecule has 0 spiro atoms. The number of ether oxygens (including phenoxy) is 1. The molecular weight excluding hydrogens is 614 g/mol. The van der Waals surface area contributed by atoms with E-state index in [1.54, 1.807) is 36.5 Å². The first kappa shape index (κ1) is 30.8. The zero-order valence-electron chi connectivity index (χ0n) is 24.7. The van der Waals surface area contributed by atoms with E-state index in [2.05, 4.69) is 33.1 Å². The van der Waals surface area contributed by atoms with Gasteiger partial charge in [-0.05, 0) is 60.4 Å². The van der Waals surface area contributed by atoms with Gasteiger partial charge in [0.1, 0.15) is 5.69 Å². The normalized spacial score (nSPS) is 14.9. The molecule has 234 valence electrons. The average Bonchev–Trinajstić information content (AvgIpc) is 3.55. The fourth-order valence-corrected chi connectivity index (χ4v) is 5.78. The summed E-state index contributed by atoms with van der Waals surface area (Å²) in [5.74, 6) is -0.166. The lowest BCUT2D eigenvalue weighted by atomic mass is 9.87. The number of nitrogens with one attached hydrogen (secondary N) is 2. The molecule has 6 rings (SSSR count). The van der Waals surface area contributed by atoms with Gasteiger partial charge < -0.3 is 10.1 Å². The molecule has 0 saturated carbocycles. The minimum absolute atomic E-state index is 0.0528. The Balaban J connectivity index is 1.35. The van der Waals surface area contributed by atoms with E-state index in [-0.39, 0.29) is 11.8 Å². The highest BCUT2D eigenvalue weighted by Crippen LogP contribution is 2.37. The monoisotopic (exact) mass is 642 g/mol. The van der Waals surface area contributed by atoms with Crippen LogP contribution in [0.5, 0.6) is 0 Å². The molecule has 2 amide bonds. The summed E-state index contributed by atoms with van der Waals surface area (Å²) in [7, 11) is 1.29. The van der Waals surface area contributed by atoms with Crippen LogP contribution in [0.15, 0.2) is 85.2 Å². The minimum atomic E-state index is -2.74. The van der Waals surface area contributed by atoms with Crippen LogP contribution < -0.4 is 10.6 Å². The van der Waals surface area contributed by atoms with Crippen molar-refractivity contribution in [2.45, 2.75) is 38.0 Å². The van der Waals surface area contributed by atoms with Gasteiger partial charge in [-0.3, -0.25) is 15.1 Å². The maximum Gasteiger partial charge on any atom is 0.411 e. The summed E-state index contributed by atoms with van der Waals surface area (Å²) in [6.45, 7) is 0. The highest BCUT2D eigenvalue weighted by atomic mass is 35.5. The number of hydrogen-bond acceptors (Lipinski definition) is 6. The lowest BCUT2D eigenvalue weighted by Gasteiger charge is -2.21. The molecule has 2 N–H and O–H groups in total. The molecule has 5 aromatic rings. The number of pyridine rings is 1. The Morgan fingerprint density at radius 3 is 2.67 bits per heavy atom. The molecule has 3 heterocycles. The quantitative estimate of drug-likeness (QED) is 0.199. The number of aromatic nitrogens is 4. The first-order valence-electron chi connectivity index (χ1n) is 14.6. The highest BCUT2D eigenvalue weighted by Gasteiger charge is 2.21. The number of nitrogens with zero attached hydrogens (tertiary/aromatic N) is 4. The smallest absolute Gasteiger partial charge is 0.411 e. The first-order valence-corrected chi connectivity index (χ1v) is 15.0. The molecular formula is C34H29ClF2N6O3. The number of hydrogen-bond donors (Lipinski definition) is 2. The van der Waals surface area contributed by atoms with E-state index in [1.807, 2.05) is 30.3 Å². The number of amides is 2. The zero-order valence-corrected chi connectivity index (χ0v) is 25.5. The van der Waals surface area contributed by atoms with Gasteiger partial charge in [-0.2, -0.15) is 0 Å². The lowest BCUT2D eigenvalue weighted by Crippen LogP contribution is -2.14. The third-order valence-corrected chi connectivity index (χ3v) is 8.10. The van der Waals surface area contributed by atoms with Crippen LogP contribution in [0.4, 0.5) is 25.0 Å². The summed E-state index contributed by atoms with van der Waals surface area (Å²) in [6, 6.07) is 22.5. The summed E-state index contributed by atoms with van der Waals surface area (Å²) in [6.07, 6.45) is 2.19. The van der Waals surface area contributed by atoms with Crippen LogP contribution in [0.25, 0.3) is 27.9 Å². The van der Waals surface area contributed by atoms with Crippen molar-refractivity contribution in [3.05, 3.63) is 107 Å². The zero-order chi connectivity index (χ0) is 32.2.